The average molecular weight is 160 g/mol. The van der Waals surface area contributed by atoms with Crippen LogP contribution in [0.1, 0.15) is 12.8 Å². The highest BCUT2D eigenvalue weighted by Crippen LogP contribution is 2.17. The van der Waals surface area contributed by atoms with E-state index < -0.39 is 0 Å². The van der Waals surface area contributed by atoms with Crippen molar-refractivity contribution in [3.05, 3.63) is 0 Å². The normalized spacial score (nSPS) is 26.7. The first kappa shape index (κ1) is 8.37. The van der Waals surface area contributed by atoms with Crippen LogP contribution in [0.2, 0.25) is 0 Å². The molecule has 1 aliphatic heterocycles. The van der Waals surface area contributed by atoms with E-state index in [4.69, 9.17) is 5.73 Å². The number of nitrogens with two attached hydrogens (primary N) is 1. The first-order chi connectivity index (χ1) is 4.93. The molecule has 1 heterocycles. The highest BCUT2D eigenvalue weighted by atomic mass is 32.2. The van der Waals surface area contributed by atoms with E-state index in [1.807, 2.05) is 11.8 Å². The standard InChI is InChI=1S/C7H16N2S/c8-3-5-10-7-2-1-4-9-6-7/h7,9H,1-6,8H2. The van der Waals surface area contributed by atoms with Crippen LogP contribution in [0.3, 0.4) is 0 Å². The topological polar surface area (TPSA) is 38.0 Å². The first-order valence-corrected chi connectivity index (χ1v) is 5.00. The van der Waals surface area contributed by atoms with Gasteiger partial charge in [0.05, 0.1) is 0 Å². The highest BCUT2D eigenvalue weighted by molar-refractivity contribution is 7.99. The molecular weight excluding hydrogens is 144 g/mol. The minimum atomic E-state index is 0.821. The second kappa shape index (κ2) is 4.99. The molecule has 0 aromatic carbocycles. The van der Waals surface area contributed by atoms with Crippen LogP contribution in [-0.2, 0) is 0 Å². The van der Waals surface area contributed by atoms with Gasteiger partial charge in [0.25, 0.3) is 0 Å². The van der Waals surface area contributed by atoms with Crippen LogP contribution in [0.5, 0.6) is 0 Å². The molecule has 0 bridgehead atoms. The van der Waals surface area contributed by atoms with Crippen molar-refractivity contribution in [3.8, 4) is 0 Å². The molecule has 0 saturated carbocycles. The van der Waals surface area contributed by atoms with E-state index in [9.17, 15) is 0 Å². The molecule has 0 aliphatic carbocycles. The van der Waals surface area contributed by atoms with Crippen LogP contribution in [0.25, 0.3) is 0 Å². The largest absolute Gasteiger partial charge is 0.330 e. The molecule has 0 aromatic heterocycles. The number of thioether (sulfide) groups is 1. The van der Waals surface area contributed by atoms with Crippen molar-refractivity contribution in [1.29, 1.82) is 0 Å². The minimum absolute atomic E-state index is 0.821. The smallest absolute Gasteiger partial charge is 0.0173 e. The molecule has 3 heteroatoms. The Hall–Kier alpha value is 0.270. The van der Waals surface area contributed by atoms with Gasteiger partial charge in [-0.3, -0.25) is 0 Å². The summed E-state index contributed by atoms with van der Waals surface area (Å²) in [6.07, 6.45) is 2.71. The summed E-state index contributed by atoms with van der Waals surface area (Å²) in [5.74, 6) is 1.12. The summed E-state index contributed by atoms with van der Waals surface area (Å²) in [5.41, 5.74) is 5.40. The summed E-state index contributed by atoms with van der Waals surface area (Å²) in [5, 5.41) is 4.21. The second-order valence-electron chi connectivity index (χ2n) is 2.63. The third kappa shape index (κ3) is 2.90. The lowest BCUT2D eigenvalue weighted by molar-refractivity contribution is 0.531. The van der Waals surface area contributed by atoms with Crippen molar-refractivity contribution >= 4 is 11.8 Å². The number of hydrogen-bond acceptors (Lipinski definition) is 3. The fourth-order valence-corrected chi connectivity index (χ4v) is 2.24. The molecule has 1 fully saturated rings. The molecule has 1 atom stereocenters. The van der Waals surface area contributed by atoms with Gasteiger partial charge in [0.1, 0.15) is 0 Å². The zero-order valence-corrected chi connectivity index (χ0v) is 7.12. The van der Waals surface area contributed by atoms with E-state index in [0.717, 1.165) is 17.5 Å². The van der Waals surface area contributed by atoms with E-state index in [2.05, 4.69) is 5.32 Å². The van der Waals surface area contributed by atoms with Gasteiger partial charge in [-0.25, -0.2) is 0 Å². The fourth-order valence-electron chi connectivity index (χ4n) is 1.20. The van der Waals surface area contributed by atoms with Crippen molar-refractivity contribution in [2.45, 2.75) is 18.1 Å². The van der Waals surface area contributed by atoms with Crippen molar-refractivity contribution < 1.29 is 0 Å². The lowest BCUT2D eigenvalue weighted by atomic mass is 10.2. The molecule has 0 radical (unpaired) electrons. The fraction of sp³-hybridized carbons (Fsp3) is 1.00. The van der Waals surface area contributed by atoms with Gasteiger partial charge in [-0.05, 0) is 19.4 Å². The van der Waals surface area contributed by atoms with Crippen LogP contribution in [-0.4, -0.2) is 30.6 Å². The van der Waals surface area contributed by atoms with Gasteiger partial charge in [-0.1, -0.05) is 0 Å². The Morgan fingerprint density at radius 3 is 3.10 bits per heavy atom. The summed E-state index contributed by atoms with van der Waals surface area (Å²) in [7, 11) is 0. The molecule has 1 saturated heterocycles. The highest BCUT2D eigenvalue weighted by Gasteiger charge is 2.11. The third-order valence-corrected chi connectivity index (χ3v) is 3.07. The van der Waals surface area contributed by atoms with E-state index in [0.29, 0.717) is 0 Å². The Kier molecular flexibility index (Phi) is 4.18. The summed E-state index contributed by atoms with van der Waals surface area (Å²) in [4.78, 5) is 0. The Morgan fingerprint density at radius 2 is 2.50 bits per heavy atom. The Bertz CT molecular complexity index is 81.7. The van der Waals surface area contributed by atoms with Crippen molar-refractivity contribution in [3.63, 3.8) is 0 Å². The number of piperidine rings is 1. The molecule has 3 N–H and O–H groups in total. The zero-order chi connectivity index (χ0) is 7.23. The Balaban J connectivity index is 2.02. The lowest BCUT2D eigenvalue weighted by Crippen LogP contribution is -2.32. The van der Waals surface area contributed by atoms with Gasteiger partial charge in [0.2, 0.25) is 0 Å². The molecule has 0 aromatic rings. The lowest BCUT2D eigenvalue weighted by Gasteiger charge is -2.21. The van der Waals surface area contributed by atoms with Crippen molar-refractivity contribution in [2.24, 2.45) is 5.73 Å². The van der Waals surface area contributed by atoms with Gasteiger partial charge in [-0.15, -0.1) is 0 Å². The predicted molar refractivity (Wildman–Crippen MR) is 47.4 cm³/mol. The Labute approximate surface area is 66.9 Å². The molecule has 0 amide bonds. The summed E-state index contributed by atoms with van der Waals surface area (Å²) in [6.45, 7) is 3.21. The van der Waals surface area contributed by atoms with Gasteiger partial charge in [0, 0.05) is 24.1 Å². The SMILES string of the molecule is NCCSC1CCCNC1. The van der Waals surface area contributed by atoms with Crippen molar-refractivity contribution in [1.82, 2.24) is 5.32 Å². The first-order valence-electron chi connectivity index (χ1n) is 3.96. The Morgan fingerprint density at radius 1 is 1.60 bits per heavy atom. The molecule has 2 nitrogen and oxygen atoms in total. The van der Waals surface area contributed by atoms with Crippen LogP contribution in [0, 0.1) is 0 Å². The maximum atomic E-state index is 5.40. The minimum Gasteiger partial charge on any atom is -0.330 e. The van der Waals surface area contributed by atoms with Gasteiger partial charge < -0.3 is 11.1 Å². The third-order valence-electron chi connectivity index (χ3n) is 1.72. The maximum Gasteiger partial charge on any atom is 0.0173 e. The molecule has 10 heavy (non-hydrogen) atoms. The molecule has 60 valence electrons. The summed E-state index contributed by atoms with van der Waals surface area (Å²) >= 11 is 2.01. The van der Waals surface area contributed by atoms with Crippen molar-refractivity contribution in [2.75, 3.05) is 25.4 Å². The van der Waals surface area contributed by atoms with Crippen LogP contribution < -0.4 is 11.1 Å². The van der Waals surface area contributed by atoms with E-state index in [1.165, 1.54) is 25.9 Å². The number of hydrogen-bond donors (Lipinski definition) is 2. The van der Waals surface area contributed by atoms with E-state index in [-0.39, 0.29) is 0 Å². The van der Waals surface area contributed by atoms with Crippen LogP contribution in [0.4, 0.5) is 0 Å². The monoisotopic (exact) mass is 160 g/mol. The van der Waals surface area contributed by atoms with Crippen LogP contribution >= 0.6 is 11.8 Å². The zero-order valence-electron chi connectivity index (χ0n) is 6.31. The van der Waals surface area contributed by atoms with Gasteiger partial charge in [-0.2, -0.15) is 11.8 Å². The molecule has 1 rings (SSSR count). The summed E-state index contributed by atoms with van der Waals surface area (Å²) < 4.78 is 0. The van der Waals surface area contributed by atoms with E-state index >= 15 is 0 Å². The van der Waals surface area contributed by atoms with Gasteiger partial charge >= 0.3 is 0 Å². The predicted octanol–water partition coefficient (Wildman–Crippen LogP) is 0.430. The molecule has 0 spiro atoms. The quantitative estimate of drug-likeness (QED) is 0.629. The van der Waals surface area contributed by atoms with E-state index in [1.54, 1.807) is 0 Å². The number of rotatable bonds is 3. The van der Waals surface area contributed by atoms with Gasteiger partial charge in [0.15, 0.2) is 0 Å². The number of nitrogens with one attached hydrogen (secondary N) is 1. The molecule has 1 aliphatic rings. The summed E-state index contributed by atoms with van der Waals surface area (Å²) in [6, 6.07) is 0. The molecule has 1 unspecified atom stereocenters. The van der Waals surface area contributed by atoms with Crippen LogP contribution in [0.15, 0.2) is 0 Å². The average Bonchev–Trinajstić information content (AvgIpc) is 2.03. The second-order valence-corrected chi connectivity index (χ2v) is 4.04. The maximum absolute atomic E-state index is 5.40. The molecular formula is C7H16N2S.